The molecule has 1 aliphatic carbocycles. The third kappa shape index (κ3) is 3.84. The summed E-state index contributed by atoms with van der Waals surface area (Å²) in [6.07, 6.45) is 3.23. The fraction of sp³-hybridized carbons (Fsp3) is 0.381. The van der Waals surface area contributed by atoms with Gasteiger partial charge in [0.1, 0.15) is 5.82 Å². The number of amides is 1. The van der Waals surface area contributed by atoms with Crippen molar-refractivity contribution in [2.24, 2.45) is 0 Å². The summed E-state index contributed by atoms with van der Waals surface area (Å²) in [5.74, 6) is -1.07. The van der Waals surface area contributed by atoms with Crippen molar-refractivity contribution < 1.29 is 14.1 Å². The van der Waals surface area contributed by atoms with E-state index in [1.165, 1.54) is 24.1 Å². The molecule has 0 N–H and O–H groups in total. The number of hydrogen-bond donors (Lipinski definition) is 0. The zero-order chi connectivity index (χ0) is 19.6. The highest BCUT2D eigenvalue weighted by Gasteiger charge is 2.29. The second-order valence-corrected chi connectivity index (χ2v) is 7.02. The van der Waals surface area contributed by atoms with Crippen molar-refractivity contribution in [2.45, 2.75) is 45.6 Å². The molecule has 5 nitrogen and oxygen atoms in total. The molecule has 27 heavy (non-hydrogen) atoms. The normalized spacial score (nSPS) is 15.9. The summed E-state index contributed by atoms with van der Waals surface area (Å²) < 4.78 is 14.2. The molecule has 0 radical (unpaired) electrons. The second-order valence-electron chi connectivity index (χ2n) is 7.02. The van der Waals surface area contributed by atoms with E-state index in [1.54, 1.807) is 4.90 Å². The number of hydrogen-bond acceptors (Lipinski definition) is 3. The molecule has 1 atom stereocenters. The lowest BCUT2D eigenvalue weighted by molar-refractivity contribution is -0.385. The van der Waals surface area contributed by atoms with Crippen molar-refractivity contribution in [3.05, 3.63) is 74.6 Å². The summed E-state index contributed by atoms with van der Waals surface area (Å²) in [7, 11) is 0. The van der Waals surface area contributed by atoms with Gasteiger partial charge >= 0.3 is 0 Å². The minimum absolute atomic E-state index is 0.00997. The number of nitro groups is 1. The molecule has 0 heterocycles. The topological polar surface area (TPSA) is 63.5 Å². The van der Waals surface area contributed by atoms with Crippen LogP contribution in [0, 0.1) is 22.9 Å². The third-order valence-electron chi connectivity index (χ3n) is 5.25. The van der Waals surface area contributed by atoms with Crippen LogP contribution in [0.15, 0.2) is 36.4 Å². The molecule has 2 aromatic rings. The fourth-order valence-corrected chi connectivity index (χ4v) is 3.78. The van der Waals surface area contributed by atoms with E-state index in [0.29, 0.717) is 6.54 Å². The Hall–Kier alpha value is -2.76. The van der Waals surface area contributed by atoms with E-state index in [-0.39, 0.29) is 28.8 Å². The smallest absolute Gasteiger partial charge is 0.276 e. The number of aryl methyl sites for hydroxylation is 1. The average Bonchev–Trinajstić information content (AvgIpc) is 2.67. The highest BCUT2D eigenvalue weighted by molar-refractivity contribution is 5.95. The van der Waals surface area contributed by atoms with Gasteiger partial charge in [0, 0.05) is 24.2 Å². The quantitative estimate of drug-likeness (QED) is 0.577. The van der Waals surface area contributed by atoms with Crippen molar-refractivity contribution in [1.29, 1.82) is 0 Å². The van der Waals surface area contributed by atoms with Crippen LogP contribution in [0.5, 0.6) is 0 Å². The number of benzene rings is 2. The largest absolute Gasteiger partial charge is 0.335 e. The van der Waals surface area contributed by atoms with Crippen LogP contribution in [0.1, 0.15) is 46.8 Å². The van der Waals surface area contributed by atoms with Crippen LogP contribution in [0.3, 0.4) is 0 Å². The van der Waals surface area contributed by atoms with Gasteiger partial charge in [-0.15, -0.1) is 0 Å². The van der Waals surface area contributed by atoms with Gasteiger partial charge in [0.2, 0.25) is 0 Å². The maximum Gasteiger partial charge on any atom is 0.276 e. The maximum absolute atomic E-state index is 14.2. The first-order chi connectivity index (χ1) is 12.9. The Morgan fingerprint density at radius 3 is 2.67 bits per heavy atom. The predicted octanol–water partition coefficient (Wildman–Crippen LogP) is 4.45. The molecule has 0 saturated carbocycles. The van der Waals surface area contributed by atoms with Gasteiger partial charge in [-0.3, -0.25) is 14.9 Å². The number of carbonyl (C=O) groups excluding carboxylic acids is 1. The van der Waals surface area contributed by atoms with Crippen LogP contribution in [0.2, 0.25) is 0 Å². The first-order valence-corrected chi connectivity index (χ1v) is 9.24. The second kappa shape index (κ2) is 7.86. The van der Waals surface area contributed by atoms with E-state index in [0.717, 1.165) is 31.7 Å². The van der Waals surface area contributed by atoms with E-state index in [9.17, 15) is 19.3 Å². The minimum Gasteiger partial charge on any atom is -0.335 e. The molecule has 2 aromatic carbocycles. The molecule has 0 saturated heterocycles. The Bertz CT molecular complexity index is 882. The van der Waals surface area contributed by atoms with Crippen LogP contribution < -0.4 is 0 Å². The number of fused-ring (bicyclic) bond motifs is 1. The third-order valence-corrected chi connectivity index (χ3v) is 5.25. The molecule has 1 amide bonds. The molecule has 1 unspecified atom stereocenters. The predicted molar refractivity (Wildman–Crippen MR) is 101 cm³/mol. The Morgan fingerprint density at radius 1 is 1.30 bits per heavy atom. The summed E-state index contributed by atoms with van der Waals surface area (Å²) >= 11 is 0. The van der Waals surface area contributed by atoms with E-state index < -0.39 is 10.7 Å². The van der Waals surface area contributed by atoms with Gasteiger partial charge in [0.25, 0.3) is 11.6 Å². The van der Waals surface area contributed by atoms with Crippen molar-refractivity contribution in [2.75, 3.05) is 6.54 Å². The van der Waals surface area contributed by atoms with Gasteiger partial charge in [-0.25, -0.2) is 4.39 Å². The summed E-state index contributed by atoms with van der Waals surface area (Å²) in [6, 6.07) is 10.5. The zero-order valence-electron chi connectivity index (χ0n) is 15.6. The molecule has 0 spiro atoms. The van der Waals surface area contributed by atoms with Gasteiger partial charge in [-0.05, 0) is 49.8 Å². The van der Waals surface area contributed by atoms with Gasteiger partial charge in [0.15, 0.2) is 0 Å². The number of nitrogens with zero attached hydrogens (tertiary/aromatic N) is 2. The Labute approximate surface area is 158 Å². The molecule has 0 fully saturated rings. The molecule has 6 heteroatoms. The lowest BCUT2D eigenvalue weighted by atomic mass is 9.87. The lowest BCUT2D eigenvalue weighted by Gasteiger charge is -2.35. The Morgan fingerprint density at radius 2 is 2.00 bits per heavy atom. The lowest BCUT2D eigenvalue weighted by Crippen LogP contribution is -2.44. The Kier molecular flexibility index (Phi) is 5.54. The highest BCUT2D eigenvalue weighted by Crippen LogP contribution is 2.28. The van der Waals surface area contributed by atoms with Crippen molar-refractivity contribution in [1.82, 2.24) is 4.90 Å². The van der Waals surface area contributed by atoms with E-state index in [2.05, 4.69) is 12.1 Å². The summed E-state index contributed by atoms with van der Waals surface area (Å²) in [6.45, 7) is 3.87. The SMILES string of the molecule is CCCN(C(=O)c1cc(F)c(C)c([N+](=O)[O-])c1)C1CCc2ccccc2C1. The average molecular weight is 370 g/mol. The van der Waals surface area contributed by atoms with Gasteiger partial charge in [0.05, 0.1) is 10.5 Å². The van der Waals surface area contributed by atoms with Gasteiger partial charge < -0.3 is 4.90 Å². The number of carbonyl (C=O) groups is 1. The zero-order valence-corrected chi connectivity index (χ0v) is 15.6. The molecular formula is C21H23FN2O3. The van der Waals surface area contributed by atoms with Crippen molar-refractivity contribution >= 4 is 11.6 Å². The molecule has 1 aliphatic rings. The molecule has 3 rings (SSSR count). The summed E-state index contributed by atoms with van der Waals surface area (Å²) in [4.78, 5) is 25.4. The summed E-state index contributed by atoms with van der Waals surface area (Å²) in [5, 5.41) is 11.2. The number of nitro benzene ring substituents is 1. The van der Waals surface area contributed by atoms with Gasteiger partial charge in [-0.1, -0.05) is 31.2 Å². The van der Waals surface area contributed by atoms with Crippen LogP contribution in [-0.4, -0.2) is 28.3 Å². The number of halogens is 1. The minimum atomic E-state index is -0.724. The van der Waals surface area contributed by atoms with Crippen LogP contribution in [0.25, 0.3) is 0 Å². The fourth-order valence-electron chi connectivity index (χ4n) is 3.78. The van der Waals surface area contributed by atoms with E-state index in [1.807, 2.05) is 19.1 Å². The number of rotatable bonds is 5. The molecule has 142 valence electrons. The maximum atomic E-state index is 14.2. The van der Waals surface area contributed by atoms with Crippen molar-refractivity contribution in [3.63, 3.8) is 0 Å². The standard InChI is InChI=1S/C21H23FN2O3/c1-3-10-23(18-9-8-15-6-4-5-7-16(15)11-18)21(25)17-12-19(22)14(2)20(13-17)24(26)27/h4-7,12-13,18H,3,8-11H2,1-2H3. The monoisotopic (exact) mass is 370 g/mol. The molecule has 0 aliphatic heterocycles. The van der Waals surface area contributed by atoms with Crippen molar-refractivity contribution in [3.8, 4) is 0 Å². The molecular weight excluding hydrogens is 347 g/mol. The molecule has 0 bridgehead atoms. The highest BCUT2D eigenvalue weighted by atomic mass is 19.1. The molecule has 0 aromatic heterocycles. The van der Waals surface area contributed by atoms with Gasteiger partial charge in [-0.2, -0.15) is 0 Å². The van der Waals surface area contributed by atoms with E-state index in [4.69, 9.17) is 0 Å². The first-order valence-electron chi connectivity index (χ1n) is 9.24. The van der Waals surface area contributed by atoms with E-state index >= 15 is 0 Å². The summed E-state index contributed by atoms with van der Waals surface area (Å²) in [5.41, 5.74) is 2.16. The Balaban J connectivity index is 1.92. The first kappa shape index (κ1) is 19.0. The van der Waals surface area contributed by atoms with Crippen LogP contribution in [-0.2, 0) is 12.8 Å². The van der Waals surface area contributed by atoms with Crippen LogP contribution in [0.4, 0.5) is 10.1 Å². The van der Waals surface area contributed by atoms with Crippen LogP contribution >= 0.6 is 0 Å².